The molecular formula is C20H34N2O2. The van der Waals surface area contributed by atoms with Crippen molar-refractivity contribution >= 4 is 6.47 Å². The second kappa shape index (κ2) is 7.57. The smallest absolute Gasteiger partial charge is 0.293 e. The van der Waals surface area contributed by atoms with E-state index in [9.17, 15) is 4.79 Å². The zero-order chi connectivity index (χ0) is 17.2. The van der Waals surface area contributed by atoms with Crippen molar-refractivity contribution in [2.75, 3.05) is 32.7 Å². The molecule has 1 N–H and O–H groups in total. The van der Waals surface area contributed by atoms with Gasteiger partial charge in [-0.3, -0.25) is 4.79 Å². The zero-order valence-electron chi connectivity index (χ0n) is 15.6. The van der Waals surface area contributed by atoms with E-state index in [1.807, 2.05) is 0 Å². The number of nitrogens with zero attached hydrogens (tertiary/aromatic N) is 1. The second-order valence-electron chi connectivity index (χ2n) is 8.49. The minimum Gasteiger partial charge on any atom is -0.460 e. The Labute approximate surface area is 147 Å². The number of carbonyl (C=O) groups excluding carboxylic acids is 1. The highest BCUT2D eigenvalue weighted by molar-refractivity contribution is 5.41. The van der Waals surface area contributed by atoms with Crippen molar-refractivity contribution in [3.05, 3.63) is 11.1 Å². The molecule has 2 fully saturated rings. The van der Waals surface area contributed by atoms with Crippen molar-refractivity contribution in [1.82, 2.24) is 10.2 Å². The Morgan fingerprint density at radius 2 is 2.12 bits per heavy atom. The molecular weight excluding hydrogens is 300 g/mol. The summed E-state index contributed by atoms with van der Waals surface area (Å²) in [5.41, 5.74) is 3.19. The standard InChI is InChI=1S/C20H34N2O2/c1-15-5-4-7-20(3)8-6-17(19(18(15)20)24-14-23)16(2)13-22-11-9-21-10-12-22/h14,16-17,19,21H,4-13H2,1-3H3. The average Bonchev–Trinajstić information content (AvgIpc) is 2.55. The van der Waals surface area contributed by atoms with E-state index in [1.165, 1.54) is 43.3 Å². The van der Waals surface area contributed by atoms with Gasteiger partial charge in [0.2, 0.25) is 0 Å². The van der Waals surface area contributed by atoms with E-state index in [0.29, 0.717) is 18.3 Å². The molecule has 0 aromatic carbocycles. The summed E-state index contributed by atoms with van der Waals surface area (Å²) in [6.45, 7) is 13.3. The van der Waals surface area contributed by atoms with Gasteiger partial charge in [0.25, 0.3) is 6.47 Å². The summed E-state index contributed by atoms with van der Waals surface area (Å²) in [4.78, 5) is 13.8. The molecule has 24 heavy (non-hydrogen) atoms. The van der Waals surface area contributed by atoms with Crippen molar-refractivity contribution in [2.45, 2.75) is 59.0 Å². The lowest BCUT2D eigenvalue weighted by Gasteiger charge is -2.49. The highest BCUT2D eigenvalue weighted by Gasteiger charge is 2.47. The summed E-state index contributed by atoms with van der Waals surface area (Å²) < 4.78 is 5.74. The quantitative estimate of drug-likeness (QED) is 0.620. The van der Waals surface area contributed by atoms with E-state index in [1.54, 1.807) is 0 Å². The van der Waals surface area contributed by atoms with Gasteiger partial charge >= 0.3 is 0 Å². The van der Waals surface area contributed by atoms with Gasteiger partial charge in [0.15, 0.2) is 0 Å². The first kappa shape index (κ1) is 17.9. The Hall–Kier alpha value is -0.870. The van der Waals surface area contributed by atoms with E-state index in [-0.39, 0.29) is 11.5 Å². The van der Waals surface area contributed by atoms with Crippen LogP contribution in [0.3, 0.4) is 0 Å². The first-order valence-electron chi connectivity index (χ1n) is 9.77. The molecule has 0 radical (unpaired) electrons. The van der Waals surface area contributed by atoms with E-state index in [4.69, 9.17) is 4.74 Å². The van der Waals surface area contributed by atoms with Crippen LogP contribution in [0.4, 0.5) is 0 Å². The van der Waals surface area contributed by atoms with Gasteiger partial charge in [0.05, 0.1) is 0 Å². The molecule has 4 heteroatoms. The van der Waals surface area contributed by atoms with Gasteiger partial charge < -0.3 is 15.0 Å². The van der Waals surface area contributed by atoms with Crippen LogP contribution < -0.4 is 5.32 Å². The number of fused-ring (bicyclic) bond motifs is 1. The number of piperazine rings is 1. The highest BCUT2D eigenvalue weighted by Crippen LogP contribution is 2.53. The monoisotopic (exact) mass is 334 g/mol. The normalized spacial score (nSPS) is 36.1. The molecule has 2 aliphatic carbocycles. The molecule has 1 saturated carbocycles. The molecule has 0 spiro atoms. The van der Waals surface area contributed by atoms with Crippen molar-refractivity contribution in [3.8, 4) is 0 Å². The van der Waals surface area contributed by atoms with Gasteiger partial charge in [-0.15, -0.1) is 0 Å². The molecule has 0 bridgehead atoms. The summed E-state index contributed by atoms with van der Waals surface area (Å²) in [5.74, 6) is 1.01. The van der Waals surface area contributed by atoms with E-state index in [0.717, 1.165) is 32.7 Å². The number of hydrogen-bond donors (Lipinski definition) is 1. The fraction of sp³-hybridized carbons (Fsp3) is 0.850. The maximum atomic E-state index is 11.3. The van der Waals surface area contributed by atoms with Crippen molar-refractivity contribution < 1.29 is 9.53 Å². The van der Waals surface area contributed by atoms with Gasteiger partial charge in [-0.25, -0.2) is 0 Å². The number of carbonyl (C=O) groups is 1. The molecule has 0 amide bonds. The maximum absolute atomic E-state index is 11.3. The Balaban J connectivity index is 1.78. The highest BCUT2D eigenvalue weighted by atomic mass is 16.5. The maximum Gasteiger partial charge on any atom is 0.293 e. The fourth-order valence-corrected chi connectivity index (χ4v) is 5.47. The van der Waals surface area contributed by atoms with Crippen molar-refractivity contribution in [1.29, 1.82) is 0 Å². The first-order valence-corrected chi connectivity index (χ1v) is 9.77. The predicted octanol–water partition coefficient (Wildman–Crippen LogP) is 2.99. The minimum atomic E-state index is -0.000495. The average molecular weight is 335 g/mol. The molecule has 1 heterocycles. The summed E-state index contributed by atoms with van der Waals surface area (Å²) >= 11 is 0. The van der Waals surface area contributed by atoms with Crippen LogP contribution in [-0.2, 0) is 9.53 Å². The summed E-state index contributed by atoms with van der Waals surface area (Å²) in [6.07, 6.45) is 6.12. The minimum absolute atomic E-state index is 0.000495. The number of rotatable bonds is 5. The lowest BCUT2D eigenvalue weighted by atomic mass is 9.59. The zero-order valence-corrected chi connectivity index (χ0v) is 15.6. The van der Waals surface area contributed by atoms with Crippen LogP contribution in [-0.4, -0.2) is 50.2 Å². The van der Waals surface area contributed by atoms with E-state index in [2.05, 4.69) is 31.0 Å². The fourth-order valence-electron chi connectivity index (χ4n) is 5.47. The van der Waals surface area contributed by atoms with Gasteiger partial charge in [-0.2, -0.15) is 0 Å². The Morgan fingerprint density at radius 3 is 2.83 bits per heavy atom. The van der Waals surface area contributed by atoms with Crippen LogP contribution in [0, 0.1) is 17.3 Å². The molecule has 4 unspecified atom stereocenters. The number of nitrogens with one attached hydrogen (secondary N) is 1. The third-order valence-electron chi connectivity index (χ3n) is 6.78. The molecule has 3 aliphatic rings. The Kier molecular flexibility index (Phi) is 5.66. The van der Waals surface area contributed by atoms with Crippen LogP contribution >= 0.6 is 0 Å². The summed E-state index contributed by atoms with van der Waals surface area (Å²) in [7, 11) is 0. The van der Waals surface area contributed by atoms with Gasteiger partial charge in [-0.05, 0) is 55.9 Å². The number of ether oxygens (including phenoxy) is 1. The van der Waals surface area contributed by atoms with Crippen LogP contribution in [0.25, 0.3) is 0 Å². The molecule has 1 saturated heterocycles. The van der Waals surface area contributed by atoms with Crippen LogP contribution in [0.2, 0.25) is 0 Å². The molecule has 4 atom stereocenters. The lowest BCUT2D eigenvalue weighted by molar-refractivity contribution is -0.137. The SMILES string of the molecule is CC1=C2C(OC=O)C(C(C)CN3CCNCC3)CCC2(C)CCC1. The third-order valence-corrected chi connectivity index (χ3v) is 6.78. The van der Waals surface area contributed by atoms with Crippen LogP contribution in [0.1, 0.15) is 52.9 Å². The third kappa shape index (κ3) is 3.55. The number of allylic oxidation sites excluding steroid dienone is 1. The molecule has 3 rings (SSSR count). The van der Waals surface area contributed by atoms with E-state index >= 15 is 0 Å². The topological polar surface area (TPSA) is 41.6 Å². The lowest BCUT2D eigenvalue weighted by Crippen LogP contribution is -2.49. The molecule has 136 valence electrons. The number of hydrogen-bond acceptors (Lipinski definition) is 4. The van der Waals surface area contributed by atoms with Gasteiger partial charge in [0.1, 0.15) is 6.10 Å². The molecule has 0 aromatic heterocycles. The van der Waals surface area contributed by atoms with Gasteiger partial charge in [-0.1, -0.05) is 19.4 Å². The van der Waals surface area contributed by atoms with Crippen molar-refractivity contribution in [3.63, 3.8) is 0 Å². The van der Waals surface area contributed by atoms with Crippen LogP contribution in [0.15, 0.2) is 11.1 Å². The molecule has 0 aromatic rings. The first-order chi connectivity index (χ1) is 11.5. The summed E-state index contributed by atoms with van der Waals surface area (Å²) in [6, 6.07) is 0. The summed E-state index contributed by atoms with van der Waals surface area (Å²) in [5, 5.41) is 3.42. The predicted molar refractivity (Wildman–Crippen MR) is 96.8 cm³/mol. The van der Waals surface area contributed by atoms with Gasteiger partial charge in [0, 0.05) is 38.6 Å². The largest absolute Gasteiger partial charge is 0.460 e. The Bertz CT molecular complexity index is 484. The second-order valence-corrected chi connectivity index (χ2v) is 8.49. The van der Waals surface area contributed by atoms with E-state index < -0.39 is 0 Å². The Morgan fingerprint density at radius 1 is 1.38 bits per heavy atom. The molecule has 1 aliphatic heterocycles. The van der Waals surface area contributed by atoms with Crippen molar-refractivity contribution in [2.24, 2.45) is 17.3 Å². The van der Waals surface area contributed by atoms with Crippen LogP contribution in [0.5, 0.6) is 0 Å². The molecule has 4 nitrogen and oxygen atoms in total.